The van der Waals surface area contributed by atoms with Crippen LogP contribution < -0.4 is 17.0 Å². The lowest BCUT2D eigenvalue weighted by Gasteiger charge is -2.19. The van der Waals surface area contributed by atoms with Crippen molar-refractivity contribution in [2.45, 2.75) is 19.4 Å². The summed E-state index contributed by atoms with van der Waals surface area (Å²) in [6.45, 7) is 1.96. The molecular formula is C14H16Cl2N4. The Morgan fingerprint density at radius 2 is 2.05 bits per heavy atom. The predicted octanol–water partition coefficient (Wildman–Crippen LogP) is 3.03. The maximum atomic E-state index is 6.19. The fraction of sp³-hybridized carbons (Fsp3) is 0.214. The maximum absolute atomic E-state index is 6.19. The SMILES string of the molecule is Cc1cnc(N)c(C(Cc2ccc(Cl)cc2Cl)NN)c1. The molecule has 0 amide bonds. The Bertz CT molecular complexity index is 616. The molecule has 0 aliphatic rings. The van der Waals surface area contributed by atoms with Crippen LogP contribution in [0.4, 0.5) is 5.82 Å². The fourth-order valence-electron chi connectivity index (χ4n) is 2.05. The van der Waals surface area contributed by atoms with E-state index < -0.39 is 0 Å². The Morgan fingerprint density at radius 1 is 1.30 bits per heavy atom. The number of anilines is 1. The number of nitrogens with one attached hydrogen (secondary N) is 1. The number of hydrogen-bond acceptors (Lipinski definition) is 4. The number of hydrazine groups is 1. The molecule has 1 atom stereocenters. The highest BCUT2D eigenvalue weighted by Crippen LogP contribution is 2.27. The van der Waals surface area contributed by atoms with Gasteiger partial charge in [0.1, 0.15) is 5.82 Å². The van der Waals surface area contributed by atoms with Gasteiger partial charge in [-0.1, -0.05) is 29.3 Å². The van der Waals surface area contributed by atoms with E-state index in [9.17, 15) is 0 Å². The second-order valence-electron chi connectivity index (χ2n) is 4.65. The molecule has 4 nitrogen and oxygen atoms in total. The van der Waals surface area contributed by atoms with Crippen molar-refractivity contribution in [2.24, 2.45) is 5.84 Å². The lowest BCUT2D eigenvalue weighted by molar-refractivity contribution is 0.552. The van der Waals surface area contributed by atoms with Gasteiger partial charge in [-0.2, -0.15) is 0 Å². The number of rotatable bonds is 4. The van der Waals surface area contributed by atoms with Gasteiger partial charge in [-0.15, -0.1) is 0 Å². The first-order valence-electron chi connectivity index (χ1n) is 6.13. The van der Waals surface area contributed by atoms with Gasteiger partial charge in [0.25, 0.3) is 0 Å². The number of nitrogens with two attached hydrogens (primary N) is 2. The Balaban J connectivity index is 2.31. The highest BCUT2D eigenvalue weighted by atomic mass is 35.5. The lowest BCUT2D eigenvalue weighted by Crippen LogP contribution is -2.30. The second-order valence-corrected chi connectivity index (χ2v) is 5.49. The number of aryl methyl sites for hydroxylation is 1. The molecule has 0 aliphatic heterocycles. The third-order valence-corrected chi connectivity index (χ3v) is 3.69. The van der Waals surface area contributed by atoms with Crippen LogP contribution in [0.15, 0.2) is 30.5 Å². The van der Waals surface area contributed by atoms with Gasteiger partial charge in [0.15, 0.2) is 0 Å². The number of aromatic nitrogens is 1. The average molecular weight is 311 g/mol. The minimum atomic E-state index is -0.166. The number of hydrogen-bond donors (Lipinski definition) is 3. The smallest absolute Gasteiger partial charge is 0.128 e. The molecule has 20 heavy (non-hydrogen) atoms. The summed E-state index contributed by atoms with van der Waals surface area (Å²) >= 11 is 12.1. The average Bonchev–Trinajstić information content (AvgIpc) is 2.41. The standard InChI is InChI=1S/C14H16Cl2N4/c1-8-4-11(14(17)19-7-8)13(20-18)5-9-2-3-10(15)6-12(9)16/h2-4,6-7,13,20H,5,18H2,1H3,(H2,17,19). The van der Waals surface area contributed by atoms with E-state index >= 15 is 0 Å². The van der Waals surface area contributed by atoms with Crippen LogP contribution in [0.2, 0.25) is 10.0 Å². The minimum Gasteiger partial charge on any atom is -0.383 e. The largest absolute Gasteiger partial charge is 0.383 e. The molecule has 106 valence electrons. The molecule has 0 fully saturated rings. The first kappa shape index (κ1) is 15.1. The number of halogens is 2. The first-order chi connectivity index (χ1) is 9.51. The van der Waals surface area contributed by atoms with E-state index in [-0.39, 0.29) is 6.04 Å². The molecule has 1 aromatic carbocycles. The zero-order chi connectivity index (χ0) is 14.7. The Hall–Kier alpha value is -1.33. The summed E-state index contributed by atoms with van der Waals surface area (Å²) in [5.41, 5.74) is 11.5. The molecule has 0 aliphatic carbocycles. The van der Waals surface area contributed by atoms with Crippen molar-refractivity contribution in [2.75, 3.05) is 5.73 Å². The van der Waals surface area contributed by atoms with Crippen molar-refractivity contribution in [1.82, 2.24) is 10.4 Å². The van der Waals surface area contributed by atoms with Gasteiger partial charge in [0.2, 0.25) is 0 Å². The van der Waals surface area contributed by atoms with Crippen LogP contribution in [-0.2, 0) is 6.42 Å². The fourth-order valence-corrected chi connectivity index (χ4v) is 2.53. The van der Waals surface area contributed by atoms with E-state index in [2.05, 4.69) is 10.4 Å². The van der Waals surface area contributed by atoms with Gasteiger partial charge in [0, 0.05) is 21.8 Å². The zero-order valence-electron chi connectivity index (χ0n) is 11.0. The Labute approximate surface area is 128 Å². The van der Waals surface area contributed by atoms with Crippen molar-refractivity contribution in [3.8, 4) is 0 Å². The molecule has 6 heteroatoms. The lowest BCUT2D eigenvalue weighted by atomic mass is 9.99. The molecule has 5 N–H and O–H groups in total. The molecule has 0 spiro atoms. The van der Waals surface area contributed by atoms with Crippen LogP contribution in [0, 0.1) is 6.92 Å². The van der Waals surface area contributed by atoms with Gasteiger partial charge in [-0.25, -0.2) is 4.98 Å². The molecule has 2 aromatic rings. The van der Waals surface area contributed by atoms with Crippen molar-refractivity contribution in [3.63, 3.8) is 0 Å². The van der Waals surface area contributed by atoms with Crippen molar-refractivity contribution in [1.29, 1.82) is 0 Å². The quantitative estimate of drug-likeness (QED) is 0.599. The molecule has 2 rings (SSSR count). The van der Waals surface area contributed by atoms with E-state index in [1.807, 2.05) is 19.1 Å². The second kappa shape index (κ2) is 6.41. The van der Waals surface area contributed by atoms with Crippen LogP contribution >= 0.6 is 23.2 Å². The van der Waals surface area contributed by atoms with Crippen molar-refractivity contribution >= 4 is 29.0 Å². The highest BCUT2D eigenvalue weighted by molar-refractivity contribution is 6.35. The Morgan fingerprint density at radius 3 is 2.70 bits per heavy atom. The summed E-state index contributed by atoms with van der Waals surface area (Å²) in [5, 5.41) is 1.21. The summed E-state index contributed by atoms with van der Waals surface area (Å²) in [6, 6.07) is 7.20. The van der Waals surface area contributed by atoms with Crippen LogP contribution in [-0.4, -0.2) is 4.98 Å². The molecule has 0 saturated carbocycles. The van der Waals surface area contributed by atoms with Gasteiger partial charge in [-0.3, -0.25) is 11.3 Å². The van der Waals surface area contributed by atoms with Crippen molar-refractivity contribution < 1.29 is 0 Å². The number of pyridine rings is 1. The van der Waals surface area contributed by atoms with E-state index in [1.165, 1.54) is 0 Å². The summed E-state index contributed by atoms with van der Waals surface area (Å²) in [5.74, 6) is 6.11. The molecule has 1 unspecified atom stereocenters. The Kier molecular flexibility index (Phi) is 4.83. The van der Waals surface area contributed by atoms with E-state index in [0.717, 1.165) is 16.7 Å². The van der Waals surface area contributed by atoms with Gasteiger partial charge < -0.3 is 5.73 Å². The monoisotopic (exact) mass is 310 g/mol. The van der Waals surface area contributed by atoms with Gasteiger partial charge in [0.05, 0.1) is 6.04 Å². The normalized spacial score (nSPS) is 12.4. The summed E-state index contributed by atoms with van der Waals surface area (Å²) in [7, 11) is 0. The number of nitrogens with zero attached hydrogens (tertiary/aromatic N) is 1. The molecule has 0 bridgehead atoms. The number of benzene rings is 1. The predicted molar refractivity (Wildman–Crippen MR) is 83.6 cm³/mol. The third kappa shape index (κ3) is 3.41. The first-order valence-corrected chi connectivity index (χ1v) is 6.89. The maximum Gasteiger partial charge on any atom is 0.128 e. The van der Waals surface area contributed by atoms with E-state index in [1.54, 1.807) is 18.3 Å². The molecule has 1 heterocycles. The zero-order valence-corrected chi connectivity index (χ0v) is 12.5. The summed E-state index contributed by atoms with van der Waals surface area (Å²) in [4.78, 5) is 4.15. The van der Waals surface area contributed by atoms with Crippen LogP contribution in [0.1, 0.15) is 22.7 Å². The topological polar surface area (TPSA) is 77.0 Å². The summed E-state index contributed by atoms with van der Waals surface area (Å²) < 4.78 is 0. The third-order valence-electron chi connectivity index (χ3n) is 3.10. The number of nitrogen functional groups attached to an aromatic ring is 1. The van der Waals surface area contributed by atoms with Crippen LogP contribution in [0.3, 0.4) is 0 Å². The van der Waals surface area contributed by atoms with E-state index in [4.69, 9.17) is 34.8 Å². The van der Waals surface area contributed by atoms with Gasteiger partial charge in [-0.05, 0) is 42.7 Å². The van der Waals surface area contributed by atoms with Crippen molar-refractivity contribution in [3.05, 3.63) is 57.2 Å². The molecule has 0 saturated heterocycles. The summed E-state index contributed by atoms with van der Waals surface area (Å²) in [6.07, 6.45) is 2.32. The molecule has 0 radical (unpaired) electrons. The van der Waals surface area contributed by atoms with Crippen LogP contribution in [0.5, 0.6) is 0 Å². The minimum absolute atomic E-state index is 0.166. The van der Waals surface area contributed by atoms with E-state index in [0.29, 0.717) is 22.3 Å². The van der Waals surface area contributed by atoms with Gasteiger partial charge >= 0.3 is 0 Å². The molecule has 1 aromatic heterocycles. The van der Waals surface area contributed by atoms with Crippen LogP contribution in [0.25, 0.3) is 0 Å². The molecular weight excluding hydrogens is 295 g/mol. The highest BCUT2D eigenvalue weighted by Gasteiger charge is 2.16.